The quantitative estimate of drug-likeness (QED) is 0.628. The van der Waals surface area contributed by atoms with Gasteiger partial charge in [0, 0.05) is 67.8 Å². The zero-order chi connectivity index (χ0) is 22.9. The van der Waals surface area contributed by atoms with E-state index < -0.39 is 0 Å². The summed E-state index contributed by atoms with van der Waals surface area (Å²) >= 11 is 0. The van der Waals surface area contributed by atoms with E-state index in [0.29, 0.717) is 17.9 Å². The van der Waals surface area contributed by atoms with Crippen molar-refractivity contribution in [2.24, 2.45) is 11.8 Å². The molecule has 1 saturated carbocycles. The highest BCUT2D eigenvalue weighted by Crippen LogP contribution is 2.39. The van der Waals surface area contributed by atoms with Crippen molar-refractivity contribution in [3.63, 3.8) is 0 Å². The lowest BCUT2D eigenvalue weighted by Gasteiger charge is -2.39. The van der Waals surface area contributed by atoms with Crippen LogP contribution in [0.25, 0.3) is 10.8 Å². The molecular weight excluding hydrogens is 424 g/mol. The van der Waals surface area contributed by atoms with Crippen LogP contribution in [0.3, 0.4) is 0 Å². The van der Waals surface area contributed by atoms with Crippen molar-refractivity contribution in [3.8, 4) is 0 Å². The summed E-state index contributed by atoms with van der Waals surface area (Å²) in [5.41, 5.74) is 3.33. The number of rotatable bonds is 5. The lowest BCUT2D eigenvalue weighted by Crippen LogP contribution is -2.50. The monoisotopic (exact) mass is 456 g/mol. The van der Waals surface area contributed by atoms with Crippen molar-refractivity contribution in [1.29, 1.82) is 0 Å². The van der Waals surface area contributed by atoms with Crippen molar-refractivity contribution >= 4 is 22.4 Å². The van der Waals surface area contributed by atoms with Crippen LogP contribution in [0, 0.1) is 11.8 Å². The first-order valence-electron chi connectivity index (χ1n) is 12.5. The Labute approximate surface area is 200 Å². The number of aromatic nitrogens is 1. The number of nitrogens with one attached hydrogen (secondary N) is 1. The summed E-state index contributed by atoms with van der Waals surface area (Å²) in [6.45, 7) is 6.32. The van der Waals surface area contributed by atoms with Crippen LogP contribution in [0.2, 0.25) is 0 Å². The molecule has 1 aromatic heterocycles. The molecule has 2 aliphatic heterocycles. The standard InChI is InChI=1S/C28H32N4O2/c33-28(26-3-1-2-21-16-29-11-10-25(21)26)32-18-22-6-7-23(19-32)27(22)30-24-8-4-20(5-9-24)17-31-12-14-34-15-13-31/h1-5,8-11,16,22-23,27,30H,6-7,12-15,17-19H2/t22-,23+,27?. The van der Waals surface area contributed by atoms with E-state index in [1.165, 1.54) is 24.1 Å². The molecule has 6 heteroatoms. The van der Waals surface area contributed by atoms with Crippen LogP contribution in [-0.4, -0.2) is 66.1 Å². The topological polar surface area (TPSA) is 57.7 Å². The number of carbonyl (C=O) groups excluding carboxylic acids is 1. The Morgan fingerprint density at radius 2 is 1.76 bits per heavy atom. The van der Waals surface area contributed by atoms with Crippen molar-refractivity contribution in [1.82, 2.24) is 14.8 Å². The smallest absolute Gasteiger partial charge is 0.254 e. The summed E-state index contributed by atoms with van der Waals surface area (Å²) in [6, 6.07) is 17.2. The molecule has 3 atom stereocenters. The largest absolute Gasteiger partial charge is 0.382 e. The SMILES string of the molecule is O=C(c1cccc2cnccc12)N1C[C@H]2CC[C@@H](C1)C2Nc1ccc(CN2CCOCC2)cc1. The number of amides is 1. The van der Waals surface area contributed by atoms with Gasteiger partial charge in [-0.1, -0.05) is 24.3 Å². The van der Waals surface area contributed by atoms with E-state index >= 15 is 0 Å². The number of hydrogen-bond acceptors (Lipinski definition) is 5. The lowest BCUT2D eigenvalue weighted by atomic mass is 9.91. The van der Waals surface area contributed by atoms with Crippen LogP contribution < -0.4 is 5.32 Å². The van der Waals surface area contributed by atoms with Crippen molar-refractivity contribution in [2.75, 3.05) is 44.7 Å². The van der Waals surface area contributed by atoms with Crippen LogP contribution in [0.15, 0.2) is 60.9 Å². The number of morpholine rings is 1. The second-order valence-electron chi connectivity index (χ2n) is 9.97. The molecule has 1 amide bonds. The van der Waals surface area contributed by atoms with E-state index in [2.05, 4.69) is 44.4 Å². The third-order valence-corrected chi connectivity index (χ3v) is 7.83. The summed E-state index contributed by atoms with van der Waals surface area (Å²) in [4.78, 5) is 22.2. The fourth-order valence-electron chi connectivity index (χ4n) is 6.02. The molecule has 34 heavy (non-hydrogen) atoms. The Kier molecular flexibility index (Phi) is 5.93. The molecule has 2 saturated heterocycles. The van der Waals surface area contributed by atoms with Crippen LogP contribution in [-0.2, 0) is 11.3 Å². The molecule has 6 nitrogen and oxygen atoms in total. The number of pyridine rings is 1. The van der Waals surface area contributed by atoms with Gasteiger partial charge in [0.05, 0.1) is 13.2 Å². The number of piperidine rings is 1. The van der Waals surface area contributed by atoms with Crippen LogP contribution in [0.1, 0.15) is 28.8 Å². The van der Waals surface area contributed by atoms with Gasteiger partial charge in [0.1, 0.15) is 0 Å². The molecular formula is C28H32N4O2. The van der Waals surface area contributed by atoms with Crippen LogP contribution in [0.5, 0.6) is 0 Å². The molecule has 1 unspecified atom stereocenters. The first-order chi connectivity index (χ1) is 16.7. The highest BCUT2D eigenvalue weighted by molar-refractivity contribution is 6.06. The van der Waals surface area contributed by atoms with Gasteiger partial charge in [-0.25, -0.2) is 0 Å². The first kappa shape index (κ1) is 21.6. The van der Waals surface area contributed by atoms with Gasteiger partial charge < -0.3 is 15.0 Å². The predicted molar refractivity (Wildman–Crippen MR) is 134 cm³/mol. The Hall–Kier alpha value is -2.96. The van der Waals surface area contributed by atoms with Gasteiger partial charge in [0.2, 0.25) is 0 Å². The van der Waals surface area contributed by atoms with E-state index in [0.717, 1.165) is 62.3 Å². The maximum Gasteiger partial charge on any atom is 0.254 e. The molecule has 3 aliphatic rings. The minimum atomic E-state index is 0.152. The lowest BCUT2D eigenvalue weighted by molar-refractivity contribution is 0.0342. The van der Waals surface area contributed by atoms with Crippen LogP contribution >= 0.6 is 0 Å². The number of ether oxygens (including phenoxy) is 1. The van der Waals surface area contributed by atoms with Gasteiger partial charge in [-0.15, -0.1) is 0 Å². The number of fused-ring (bicyclic) bond motifs is 3. The Morgan fingerprint density at radius 3 is 2.53 bits per heavy atom. The van der Waals surface area contributed by atoms with Crippen molar-refractivity contribution in [3.05, 3.63) is 72.1 Å². The second-order valence-corrected chi connectivity index (χ2v) is 9.97. The van der Waals surface area contributed by atoms with Gasteiger partial charge in [-0.3, -0.25) is 14.7 Å². The molecule has 1 aliphatic carbocycles. The minimum absolute atomic E-state index is 0.152. The summed E-state index contributed by atoms with van der Waals surface area (Å²) in [6.07, 6.45) is 5.96. The Morgan fingerprint density at radius 1 is 1.00 bits per heavy atom. The minimum Gasteiger partial charge on any atom is -0.382 e. The fourth-order valence-corrected chi connectivity index (χ4v) is 6.02. The fraction of sp³-hybridized carbons (Fsp3) is 0.429. The van der Waals surface area contributed by atoms with Crippen LogP contribution in [0.4, 0.5) is 5.69 Å². The highest BCUT2D eigenvalue weighted by Gasteiger charge is 2.43. The number of likely N-dealkylation sites (tertiary alicyclic amines) is 1. The maximum absolute atomic E-state index is 13.5. The molecule has 2 bridgehead atoms. The summed E-state index contributed by atoms with van der Waals surface area (Å²) in [5, 5.41) is 5.83. The Bertz CT molecular complexity index is 1140. The highest BCUT2D eigenvalue weighted by atomic mass is 16.5. The second kappa shape index (κ2) is 9.35. The molecule has 3 fully saturated rings. The molecule has 3 heterocycles. The number of nitrogens with zero attached hydrogens (tertiary/aromatic N) is 3. The average molecular weight is 457 g/mol. The number of carbonyl (C=O) groups is 1. The maximum atomic E-state index is 13.5. The van der Waals surface area contributed by atoms with Crippen molar-refractivity contribution in [2.45, 2.75) is 25.4 Å². The number of benzene rings is 2. The third-order valence-electron chi connectivity index (χ3n) is 7.83. The van der Waals surface area contributed by atoms with Gasteiger partial charge in [0.25, 0.3) is 5.91 Å². The van der Waals surface area contributed by atoms with E-state index in [-0.39, 0.29) is 5.91 Å². The normalized spacial score (nSPS) is 24.9. The summed E-state index contributed by atoms with van der Waals surface area (Å²) in [7, 11) is 0. The van der Waals surface area contributed by atoms with E-state index in [1.54, 1.807) is 6.20 Å². The van der Waals surface area contributed by atoms with E-state index in [1.807, 2.05) is 30.5 Å². The van der Waals surface area contributed by atoms with Gasteiger partial charge in [0.15, 0.2) is 0 Å². The molecule has 1 N–H and O–H groups in total. The molecule has 176 valence electrons. The molecule has 0 radical (unpaired) electrons. The molecule has 6 rings (SSSR count). The number of hydrogen-bond donors (Lipinski definition) is 1. The zero-order valence-corrected chi connectivity index (χ0v) is 19.5. The third kappa shape index (κ3) is 4.28. The summed E-state index contributed by atoms with van der Waals surface area (Å²) < 4.78 is 5.45. The predicted octanol–water partition coefficient (Wildman–Crippen LogP) is 4.03. The van der Waals surface area contributed by atoms with E-state index in [9.17, 15) is 4.79 Å². The average Bonchev–Trinajstić information content (AvgIpc) is 3.10. The molecule has 3 aromatic rings. The van der Waals surface area contributed by atoms with Gasteiger partial charge in [-0.05, 0) is 59.9 Å². The van der Waals surface area contributed by atoms with E-state index in [4.69, 9.17) is 4.74 Å². The van der Waals surface area contributed by atoms with Gasteiger partial charge >= 0.3 is 0 Å². The first-order valence-corrected chi connectivity index (χ1v) is 12.5. The number of anilines is 1. The molecule has 2 aromatic carbocycles. The van der Waals surface area contributed by atoms with Gasteiger partial charge in [-0.2, -0.15) is 0 Å². The Balaban J connectivity index is 1.11. The van der Waals surface area contributed by atoms with Crippen molar-refractivity contribution < 1.29 is 9.53 Å². The molecule has 0 spiro atoms. The zero-order valence-electron chi connectivity index (χ0n) is 19.5. The summed E-state index contributed by atoms with van der Waals surface area (Å²) in [5.74, 6) is 1.14.